The summed E-state index contributed by atoms with van der Waals surface area (Å²) < 4.78 is 5.80. The van der Waals surface area contributed by atoms with Crippen molar-refractivity contribution in [3.63, 3.8) is 0 Å². The van der Waals surface area contributed by atoms with Gasteiger partial charge >= 0.3 is 0 Å². The minimum absolute atomic E-state index is 0.0279. The largest absolute Gasteiger partial charge is 0.486 e. The lowest BCUT2D eigenvalue weighted by molar-refractivity contribution is -0.126. The van der Waals surface area contributed by atoms with Crippen molar-refractivity contribution in [2.75, 3.05) is 31.1 Å². The summed E-state index contributed by atoms with van der Waals surface area (Å²) in [6.45, 7) is 2.73. The van der Waals surface area contributed by atoms with E-state index in [2.05, 4.69) is 17.0 Å². The second kappa shape index (κ2) is 11.5. The molecule has 1 aliphatic heterocycles. The minimum atomic E-state index is -0.310. The number of hydrogen-bond acceptors (Lipinski definition) is 4. The van der Waals surface area contributed by atoms with Crippen LogP contribution in [0.25, 0.3) is 6.08 Å². The Morgan fingerprint density at radius 3 is 2.17 bits per heavy atom. The van der Waals surface area contributed by atoms with Crippen molar-refractivity contribution in [2.45, 2.75) is 6.61 Å². The number of hydrogen-bond donors (Lipinski definition) is 0. The van der Waals surface area contributed by atoms with Gasteiger partial charge in [-0.1, -0.05) is 65.1 Å². The molecule has 3 aromatic rings. The number of carbonyl (C=O) groups excluding carboxylic acids is 1. The molecule has 5 nitrogen and oxygen atoms in total. The first kappa shape index (κ1) is 24.9. The molecule has 0 bridgehead atoms. The van der Waals surface area contributed by atoms with Crippen molar-refractivity contribution >= 4 is 52.5 Å². The molecule has 3 aromatic carbocycles. The van der Waals surface area contributed by atoms with E-state index in [0.717, 1.165) is 11.3 Å². The third-order valence-corrected chi connectivity index (χ3v) is 6.48. The van der Waals surface area contributed by atoms with Crippen molar-refractivity contribution in [3.05, 3.63) is 98.5 Å². The van der Waals surface area contributed by atoms with E-state index < -0.39 is 0 Å². The summed E-state index contributed by atoms with van der Waals surface area (Å²) in [5.74, 6) is 0.0258. The minimum Gasteiger partial charge on any atom is -0.486 e. The molecule has 0 spiro atoms. The van der Waals surface area contributed by atoms with Crippen LogP contribution in [0.1, 0.15) is 11.1 Å². The Morgan fingerprint density at radius 2 is 1.57 bits per heavy atom. The number of para-hydroxylation sites is 1. The number of nitrogens with zero attached hydrogens (tertiary/aromatic N) is 3. The molecule has 1 amide bonds. The molecule has 1 aliphatic rings. The van der Waals surface area contributed by atoms with Gasteiger partial charge in [-0.15, -0.1) is 0 Å². The molecule has 178 valence electrons. The van der Waals surface area contributed by atoms with Crippen molar-refractivity contribution in [1.29, 1.82) is 5.26 Å². The second-order valence-electron chi connectivity index (χ2n) is 8.01. The van der Waals surface area contributed by atoms with Crippen LogP contribution in [0.15, 0.2) is 72.3 Å². The SMILES string of the molecule is N#C/C(=C/c1cc(Cl)c(OCc2ccc(Cl)cc2)c(Cl)c1)C(=O)N1CCN(c2ccccc2)CC1. The van der Waals surface area contributed by atoms with Crippen LogP contribution in [-0.2, 0) is 11.4 Å². The molecule has 1 saturated heterocycles. The van der Waals surface area contributed by atoms with Gasteiger partial charge in [0.1, 0.15) is 18.2 Å². The standard InChI is InChI=1S/C27H22Cl3N3O2/c28-22-8-6-19(7-9-22)18-35-26-24(29)15-20(16-25(26)30)14-21(17-31)27(34)33-12-10-32(11-13-33)23-4-2-1-3-5-23/h1-9,14-16H,10-13,18H2/b21-14-. The van der Waals surface area contributed by atoms with E-state index in [9.17, 15) is 10.1 Å². The molecule has 0 radical (unpaired) electrons. The van der Waals surface area contributed by atoms with Gasteiger partial charge in [-0.05, 0) is 53.6 Å². The van der Waals surface area contributed by atoms with Gasteiger partial charge in [0.2, 0.25) is 0 Å². The molecule has 0 atom stereocenters. The number of halogens is 3. The fourth-order valence-electron chi connectivity index (χ4n) is 3.82. The highest BCUT2D eigenvalue weighted by atomic mass is 35.5. The van der Waals surface area contributed by atoms with Crippen LogP contribution < -0.4 is 9.64 Å². The van der Waals surface area contributed by atoms with Gasteiger partial charge < -0.3 is 14.5 Å². The Labute approximate surface area is 219 Å². The lowest BCUT2D eigenvalue weighted by atomic mass is 10.1. The van der Waals surface area contributed by atoms with E-state index >= 15 is 0 Å². The molecule has 0 saturated carbocycles. The van der Waals surface area contributed by atoms with Crippen LogP contribution in [-0.4, -0.2) is 37.0 Å². The second-order valence-corrected chi connectivity index (χ2v) is 9.26. The Kier molecular flexibility index (Phi) is 8.20. The van der Waals surface area contributed by atoms with Crippen molar-refractivity contribution in [3.8, 4) is 11.8 Å². The molecular weight excluding hydrogens is 505 g/mol. The molecule has 35 heavy (non-hydrogen) atoms. The van der Waals surface area contributed by atoms with Crippen molar-refractivity contribution < 1.29 is 9.53 Å². The first-order valence-electron chi connectivity index (χ1n) is 11.0. The van der Waals surface area contributed by atoms with E-state index in [1.807, 2.05) is 36.4 Å². The zero-order chi connectivity index (χ0) is 24.8. The number of amides is 1. The fourth-order valence-corrected chi connectivity index (χ4v) is 4.56. The topological polar surface area (TPSA) is 56.6 Å². The van der Waals surface area contributed by atoms with E-state index in [-0.39, 0.29) is 18.1 Å². The lowest BCUT2D eigenvalue weighted by Crippen LogP contribution is -2.49. The van der Waals surface area contributed by atoms with Gasteiger partial charge in [0.15, 0.2) is 5.75 Å². The predicted molar refractivity (Wildman–Crippen MR) is 141 cm³/mol. The molecular formula is C27H22Cl3N3O2. The summed E-state index contributed by atoms with van der Waals surface area (Å²) in [5, 5.41) is 10.9. The molecule has 1 heterocycles. The lowest BCUT2D eigenvalue weighted by Gasteiger charge is -2.36. The third kappa shape index (κ3) is 6.29. The van der Waals surface area contributed by atoms with Crippen molar-refractivity contribution in [1.82, 2.24) is 4.90 Å². The number of anilines is 1. The number of carbonyl (C=O) groups is 1. The van der Waals surface area contributed by atoms with Crippen LogP contribution in [0, 0.1) is 11.3 Å². The first-order valence-corrected chi connectivity index (χ1v) is 12.2. The Balaban J connectivity index is 1.43. The Bertz CT molecular complexity index is 1240. The average Bonchev–Trinajstić information content (AvgIpc) is 2.88. The number of piperazine rings is 1. The Hall–Kier alpha value is -3.17. The predicted octanol–water partition coefficient (Wildman–Crippen LogP) is 6.48. The van der Waals surface area contributed by atoms with Crippen LogP contribution in [0.4, 0.5) is 5.69 Å². The first-order chi connectivity index (χ1) is 16.9. The van der Waals surface area contributed by atoms with E-state index in [0.29, 0.717) is 52.6 Å². The normalized spacial score (nSPS) is 13.9. The maximum absolute atomic E-state index is 13.0. The van der Waals surface area contributed by atoms with Crippen LogP contribution in [0.3, 0.4) is 0 Å². The Morgan fingerprint density at radius 1 is 0.943 bits per heavy atom. The summed E-state index contributed by atoms with van der Waals surface area (Å²) >= 11 is 18.7. The molecule has 0 unspecified atom stereocenters. The average molecular weight is 527 g/mol. The highest BCUT2D eigenvalue weighted by Gasteiger charge is 2.24. The fraction of sp³-hybridized carbons (Fsp3) is 0.185. The summed E-state index contributed by atoms with van der Waals surface area (Å²) in [6, 6.07) is 22.6. The van der Waals surface area contributed by atoms with Crippen LogP contribution in [0.2, 0.25) is 15.1 Å². The summed E-state index contributed by atoms with van der Waals surface area (Å²) in [4.78, 5) is 16.9. The molecule has 0 aliphatic carbocycles. The van der Waals surface area contributed by atoms with Gasteiger partial charge in [-0.3, -0.25) is 4.79 Å². The van der Waals surface area contributed by atoms with Gasteiger partial charge in [0.05, 0.1) is 10.0 Å². The molecule has 0 N–H and O–H groups in total. The van der Waals surface area contributed by atoms with E-state index in [1.165, 1.54) is 6.08 Å². The summed E-state index contributed by atoms with van der Waals surface area (Å²) in [7, 11) is 0. The molecule has 4 rings (SSSR count). The molecule has 0 aromatic heterocycles. The zero-order valence-corrected chi connectivity index (χ0v) is 21.0. The van der Waals surface area contributed by atoms with Gasteiger partial charge in [-0.2, -0.15) is 5.26 Å². The van der Waals surface area contributed by atoms with Crippen LogP contribution in [0.5, 0.6) is 5.75 Å². The van der Waals surface area contributed by atoms with E-state index in [1.54, 1.807) is 29.2 Å². The summed E-state index contributed by atoms with van der Waals surface area (Å²) in [5.41, 5.74) is 2.61. The highest BCUT2D eigenvalue weighted by molar-refractivity contribution is 6.37. The number of nitriles is 1. The van der Waals surface area contributed by atoms with Gasteiger partial charge in [0.25, 0.3) is 5.91 Å². The quantitative estimate of drug-likeness (QED) is 0.272. The van der Waals surface area contributed by atoms with Gasteiger partial charge in [0, 0.05) is 36.9 Å². The number of rotatable bonds is 6. The monoisotopic (exact) mass is 525 g/mol. The highest BCUT2D eigenvalue weighted by Crippen LogP contribution is 2.35. The van der Waals surface area contributed by atoms with E-state index in [4.69, 9.17) is 39.5 Å². The van der Waals surface area contributed by atoms with Crippen molar-refractivity contribution in [2.24, 2.45) is 0 Å². The summed E-state index contributed by atoms with van der Waals surface area (Å²) in [6.07, 6.45) is 1.51. The van der Waals surface area contributed by atoms with Crippen LogP contribution >= 0.6 is 34.8 Å². The maximum Gasteiger partial charge on any atom is 0.264 e. The molecule has 1 fully saturated rings. The van der Waals surface area contributed by atoms with Gasteiger partial charge in [-0.25, -0.2) is 0 Å². The number of ether oxygens (including phenoxy) is 1. The smallest absolute Gasteiger partial charge is 0.264 e. The number of benzene rings is 3. The maximum atomic E-state index is 13.0. The molecule has 8 heteroatoms. The zero-order valence-electron chi connectivity index (χ0n) is 18.8. The third-order valence-electron chi connectivity index (χ3n) is 5.67.